The predicted octanol–water partition coefficient (Wildman–Crippen LogP) is 5.54. The van der Waals surface area contributed by atoms with Crippen molar-refractivity contribution in [2.24, 2.45) is 4.99 Å². The van der Waals surface area contributed by atoms with Crippen molar-refractivity contribution in [2.45, 2.75) is 0 Å². The SMILES string of the molecule is COc1ccc(C(=Nc2ccc(Cl)cc2)Nc2ccccc2)cc1. The first-order chi connectivity index (χ1) is 11.7. The number of benzene rings is 3. The monoisotopic (exact) mass is 336 g/mol. The molecular weight excluding hydrogens is 320 g/mol. The van der Waals surface area contributed by atoms with Gasteiger partial charge in [0.2, 0.25) is 0 Å². The van der Waals surface area contributed by atoms with E-state index in [4.69, 9.17) is 21.3 Å². The van der Waals surface area contributed by atoms with Crippen LogP contribution in [0.5, 0.6) is 5.75 Å². The maximum atomic E-state index is 5.95. The minimum absolute atomic E-state index is 0.691. The van der Waals surface area contributed by atoms with Crippen molar-refractivity contribution in [3.05, 3.63) is 89.4 Å². The molecule has 3 aromatic carbocycles. The number of rotatable bonds is 4. The lowest BCUT2D eigenvalue weighted by molar-refractivity contribution is 0.415. The van der Waals surface area contributed by atoms with Gasteiger partial charge in [0.05, 0.1) is 12.8 Å². The van der Waals surface area contributed by atoms with Crippen molar-refractivity contribution in [2.75, 3.05) is 12.4 Å². The van der Waals surface area contributed by atoms with Crippen molar-refractivity contribution in [1.82, 2.24) is 0 Å². The highest BCUT2D eigenvalue weighted by Gasteiger charge is 2.05. The first-order valence-corrected chi connectivity index (χ1v) is 7.93. The Morgan fingerprint density at radius 3 is 2.17 bits per heavy atom. The third-order valence-electron chi connectivity index (χ3n) is 3.47. The Hall–Kier alpha value is -2.78. The highest BCUT2D eigenvalue weighted by Crippen LogP contribution is 2.20. The first kappa shape index (κ1) is 16.1. The molecule has 0 heterocycles. The van der Waals surface area contributed by atoms with Gasteiger partial charge in [0.15, 0.2) is 0 Å². The lowest BCUT2D eigenvalue weighted by Gasteiger charge is -2.11. The minimum atomic E-state index is 0.691. The predicted molar refractivity (Wildman–Crippen MR) is 101 cm³/mol. The van der Waals surface area contributed by atoms with Gasteiger partial charge in [-0.05, 0) is 60.7 Å². The third kappa shape index (κ3) is 4.15. The van der Waals surface area contributed by atoms with Gasteiger partial charge in [-0.15, -0.1) is 0 Å². The largest absolute Gasteiger partial charge is 0.497 e. The Labute approximate surface area is 146 Å². The van der Waals surface area contributed by atoms with Crippen LogP contribution in [0.15, 0.2) is 83.9 Å². The molecule has 1 N–H and O–H groups in total. The fraction of sp³-hybridized carbons (Fsp3) is 0.0500. The molecule has 0 saturated carbocycles. The molecule has 0 radical (unpaired) electrons. The number of anilines is 1. The molecule has 0 fully saturated rings. The molecule has 0 aromatic heterocycles. The number of para-hydroxylation sites is 1. The fourth-order valence-electron chi connectivity index (χ4n) is 2.22. The van der Waals surface area contributed by atoms with Crippen LogP contribution in [0.4, 0.5) is 11.4 Å². The number of aliphatic imine (C=N–C) groups is 1. The standard InChI is InChI=1S/C20H17ClN2O/c1-24-19-13-7-15(8-14-19)20(22-17-5-3-2-4-6-17)23-18-11-9-16(21)10-12-18/h2-14H,1H3,(H,22,23). The van der Waals surface area contributed by atoms with E-state index in [-0.39, 0.29) is 0 Å². The van der Waals surface area contributed by atoms with Crippen LogP contribution in [0.2, 0.25) is 5.02 Å². The van der Waals surface area contributed by atoms with Crippen LogP contribution in [0, 0.1) is 0 Å². The zero-order valence-corrected chi connectivity index (χ0v) is 14.0. The molecule has 3 nitrogen and oxygen atoms in total. The molecule has 0 amide bonds. The maximum absolute atomic E-state index is 5.95. The van der Waals surface area contributed by atoms with E-state index >= 15 is 0 Å². The maximum Gasteiger partial charge on any atom is 0.138 e. The quantitative estimate of drug-likeness (QED) is 0.501. The number of amidine groups is 1. The number of methoxy groups -OCH3 is 1. The summed E-state index contributed by atoms with van der Waals surface area (Å²) in [4.78, 5) is 4.73. The number of hydrogen-bond acceptors (Lipinski definition) is 2. The highest BCUT2D eigenvalue weighted by atomic mass is 35.5. The van der Waals surface area contributed by atoms with Crippen LogP contribution in [-0.2, 0) is 0 Å². The van der Waals surface area contributed by atoms with E-state index < -0.39 is 0 Å². The second kappa shape index (κ2) is 7.66. The number of nitrogens with one attached hydrogen (secondary N) is 1. The molecule has 4 heteroatoms. The summed E-state index contributed by atoms with van der Waals surface area (Å²) in [5.41, 5.74) is 2.77. The van der Waals surface area contributed by atoms with E-state index in [1.807, 2.05) is 78.9 Å². The topological polar surface area (TPSA) is 33.6 Å². The van der Waals surface area contributed by atoms with E-state index in [9.17, 15) is 0 Å². The summed E-state index contributed by atoms with van der Waals surface area (Å²) in [5, 5.41) is 4.06. The third-order valence-corrected chi connectivity index (χ3v) is 3.72. The lowest BCUT2D eigenvalue weighted by Crippen LogP contribution is -2.13. The molecule has 0 aliphatic rings. The van der Waals surface area contributed by atoms with Crippen molar-refractivity contribution in [3.63, 3.8) is 0 Å². The van der Waals surface area contributed by atoms with E-state index in [0.29, 0.717) is 5.02 Å². The number of hydrogen-bond donors (Lipinski definition) is 1. The van der Waals surface area contributed by atoms with Crippen LogP contribution < -0.4 is 10.1 Å². The number of nitrogens with zero attached hydrogens (tertiary/aromatic N) is 1. The second-order valence-electron chi connectivity index (χ2n) is 5.16. The van der Waals surface area contributed by atoms with Gasteiger partial charge < -0.3 is 10.1 Å². The van der Waals surface area contributed by atoms with Crippen LogP contribution in [0.25, 0.3) is 0 Å². The Balaban J connectivity index is 1.97. The lowest BCUT2D eigenvalue weighted by atomic mass is 10.2. The molecule has 0 spiro atoms. The molecule has 120 valence electrons. The van der Waals surface area contributed by atoms with Crippen LogP contribution in [0.1, 0.15) is 5.56 Å². The van der Waals surface area contributed by atoms with Gasteiger partial charge in [0.25, 0.3) is 0 Å². The Kier molecular flexibility index (Phi) is 5.14. The van der Waals surface area contributed by atoms with Crippen molar-refractivity contribution in [3.8, 4) is 5.75 Å². The summed E-state index contributed by atoms with van der Waals surface area (Å²) in [7, 11) is 1.65. The average Bonchev–Trinajstić information content (AvgIpc) is 2.64. The first-order valence-electron chi connectivity index (χ1n) is 7.55. The molecule has 0 atom stereocenters. The molecule has 24 heavy (non-hydrogen) atoms. The van der Waals surface area contributed by atoms with E-state index in [2.05, 4.69) is 5.32 Å². The number of halogens is 1. The number of ether oxygens (including phenoxy) is 1. The van der Waals surface area contributed by atoms with Crippen LogP contribution in [-0.4, -0.2) is 12.9 Å². The molecule has 0 unspecified atom stereocenters. The molecule has 0 saturated heterocycles. The summed E-state index contributed by atoms with van der Waals surface area (Å²) in [6.45, 7) is 0. The smallest absolute Gasteiger partial charge is 0.138 e. The Morgan fingerprint density at radius 2 is 1.54 bits per heavy atom. The summed E-state index contributed by atoms with van der Waals surface area (Å²) in [6.07, 6.45) is 0. The molecule has 0 bridgehead atoms. The van der Waals surface area contributed by atoms with Gasteiger partial charge >= 0.3 is 0 Å². The van der Waals surface area contributed by atoms with Gasteiger partial charge in [0.1, 0.15) is 11.6 Å². The Bertz CT molecular complexity index is 813. The zero-order chi connectivity index (χ0) is 16.8. The molecule has 3 aromatic rings. The highest BCUT2D eigenvalue weighted by molar-refractivity contribution is 6.30. The van der Waals surface area contributed by atoms with E-state index in [1.165, 1.54) is 0 Å². The molecular formula is C20H17ClN2O. The van der Waals surface area contributed by atoms with Crippen molar-refractivity contribution >= 4 is 28.8 Å². The molecule has 0 aliphatic carbocycles. The molecule has 0 aliphatic heterocycles. The van der Waals surface area contributed by atoms with Crippen molar-refractivity contribution < 1.29 is 4.74 Å². The van der Waals surface area contributed by atoms with Gasteiger partial charge in [0, 0.05) is 16.3 Å². The summed E-state index contributed by atoms with van der Waals surface area (Å²) >= 11 is 5.95. The van der Waals surface area contributed by atoms with Crippen LogP contribution >= 0.6 is 11.6 Å². The van der Waals surface area contributed by atoms with Gasteiger partial charge in [-0.3, -0.25) is 0 Å². The average molecular weight is 337 g/mol. The minimum Gasteiger partial charge on any atom is -0.497 e. The van der Waals surface area contributed by atoms with Gasteiger partial charge in [-0.1, -0.05) is 29.8 Å². The molecule has 3 rings (SSSR count). The van der Waals surface area contributed by atoms with Gasteiger partial charge in [-0.25, -0.2) is 4.99 Å². The summed E-state index contributed by atoms with van der Waals surface area (Å²) in [5.74, 6) is 1.57. The van der Waals surface area contributed by atoms with Gasteiger partial charge in [-0.2, -0.15) is 0 Å². The Morgan fingerprint density at radius 1 is 0.875 bits per heavy atom. The summed E-state index contributed by atoms with van der Waals surface area (Å²) < 4.78 is 5.22. The van der Waals surface area contributed by atoms with Crippen LogP contribution in [0.3, 0.4) is 0 Å². The fourth-order valence-corrected chi connectivity index (χ4v) is 2.34. The normalized spacial score (nSPS) is 11.2. The van der Waals surface area contributed by atoms with E-state index in [0.717, 1.165) is 28.5 Å². The van der Waals surface area contributed by atoms with Crippen molar-refractivity contribution in [1.29, 1.82) is 0 Å². The van der Waals surface area contributed by atoms with E-state index in [1.54, 1.807) is 7.11 Å². The zero-order valence-electron chi connectivity index (χ0n) is 13.2. The second-order valence-corrected chi connectivity index (χ2v) is 5.59. The summed E-state index contributed by atoms with van der Waals surface area (Å²) in [6, 6.07) is 25.2.